The molecule has 1 nitrogen and oxygen atoms in total. The van der Waals surface area contributed by atoms with E-state index >= 15 is 0 Å². The van der Waals surface area contributed by atoms with Gasteiger partial charge in [-0.3, -0.25) is 4.79 Å². The molecule has 88 valence electrons. The lowest BCUT2D eigenvalue weighted by atomic mass is 10.0. The van der Waals surface area contributed by atoms with Crippen LogP contribution in [0.15, 0.2) is 48.5 Å². The zero-order chi connectivity index (χ0) is 12.5. The maximum Gasteiger partial charge on any atom is 0.160 e. The number of thiophene rings is 1. The van der Waals surface area contributed by atoms with Gasteiger partial charge in [0.25, 0.3) is 0 Å². The normalized spacial score (nSPS) is 10.7. The van der Waals surface area contributed by atoms with Crippen LogP contribution >= 0.6 is 11.3 Å². The summed E-state index contributed by atoms with van der Waals surface area (Å²) in [7, 11) is 0. The molecule has 0 atom stereocenters. The summed E-state index contributed by atoms with van der Waals surface area (Å²) < 4.78 is 1.16. The van der Waals surface area contributed by atoms with E-state index in [1.807, 2.05) is 12.1 Å². The minimum atomic E-state index is 0.782. The second-order valence-electron chi connectivity index (χ2n) is 4.35. The molecule has 3 aromatic rings. The second-order valence-corrected chi connectivity index (χ2v) is 5.47. The summed E-state index contributed by atoms with van der Waals surface area (Å²) >= 11 is 1.54. The Morgan fingerprint density at radius 1 is 1.06 bits per heavy atom. The van der Waals surface area contributed by atoms with Gasteiger partial charge in [-0.05, 0) is 30.2 Å². The van der Waals surface area contributed by atoms with Gasteiger partial charge in [-0.1, -0.05) is 42.0 Å². The average Bonchev–Trinajstić information content (AvgIpc) is 2.82. The van der Waals surface area contributed by atoms with Gasteiger partial charge in [-0.25, -0.2) is 0 Å². The third-order valence-electron chi connectivity index (χ3n) is 3.06. The first kappa shape index (κ1) is 11.2. The van der Waals surface area contributed by atoms with Gasteiger partial charge in [0.05, 0.1) is 4.88 Å². The lowest BCUT2D eigenvalue weighted by molar-refractivity contribution is 0.112. The smallest absolute Gasteiger partial charge is 0.160 e. The van der Waals surface area contributed by atoms with Crippen LogP contribution in [-0.4, -0.2) is 6.29 Å². The van der Waals surface area contributed by atoms with E-state index in [0.29, 0.717) is 0 Å². The lowest BCUT2D eigenvalue weighted by Gasteiger charge is -2.04. The molecule has 0 N–H and O–H groups in total. The van der Waals surface area contributed by atoms with Crippen molar-refractivity contribution in [2.75, 3.05) is 0 Å². The van der Waals surface area contributed by atoms with Gasteiger partial charge < -0.3 is 0 Å². The number of hydrogen-bond acceptors (Lipinski definition) is 2. The van der Waals surface area contributed by atoms with E-state index in [1.165, 1.54) is 16.7 Å². The molecule has 0 unspecified atom stereocenters. The summed E-state index contributed by atoms with van der Waals surface area (Å²) in [4.78, 5) is 11.7. The summed E-state index contributed by atoms with van der Waals surface area (Å²) in [6, 6.07) is 16.7. The zero-order valence-corrected chi connectivity index (χ0v) is 10.8. The van der Waals surface area contributed by atoms with E-state index in [4.69, 9.17) is 0 Å². The van der Waals surface area contributed by atoms with Crippen LogP contribution in [0.4, 0.5) is 0 Å². The third-order valence-corrected chi connectivity index (χ3v) is 4.08. The van der Waals surface area contributed by atoms with Crippen molar-refractivity contribution in [1.29, 1.82) is 0 Å². The van der Waals surface area contributed by atoms with Crippen molar-refractivity contribution >= 4 is 27.7 Å². The Morgan fingerprint density at radius 2 is 1.83 bits per heavy atom. The Balaban J connectivity index is 2.25. The molecule has 0 radical (unpaired) electrons. The molecule has 0 aliphatic rings. The van der Waals surface area contributed by atoms with Gasteiger partial charge in [0.15, 0.2) is 6.29 Å². The first-order valence-corrected chi connectivity index (χ1v) is 6.64. The molecule has 0 amide bonds. The first-order chi connectivity index (χ1) is 8.78. The van der Waals surface area contributed by atoms with Crippen LogP contribution < -0.4 is 0 Å². The minimum Gasteiger partial charge on any atom is -0.297 e. The van der Waals surface area contributed by atoms with Gasteiger partial charge in [-0.15, -0.1) is 11.3 Å². The van der Waals surface area contributed by atoms with E-state index in [0.717, 1.165) is 21.2 Å². The van der Waals surface area contributed by atoms with Crippen LogP contribution in [0, 0.1) is 6.92 Å². The molecule has 18 heavy (non-hydrogen) atoms. The lowest BCUT2D eigenvalue weighted by Crippen LogP contribution is -1.79. The number of fused-ring (bicyclic) bond motifs is 1. The SMILES string of the molecule is Cc1ccc(-c2cccc3sc(C=O)cc23)cc1. The monoisotopic (exact) mass is 252 g/mol. The molecule has 2 aromatic carbocycles. The highest BCUT2D eigenvalue weighted by Gasteiger charge is 2.07. The zero-order valence-electron chi connectivity index (χ0n) is 10.0. The van der Waals surface area contributed by atoms with E-state index < -0.39 is 0 Å². The van der Waals surface area contributed by atoms with Crippen LogP contribution in [0.1, 0.15) is 15.2 Å². The molecular formula is C16H12OS. The highest BCUT2D eigenvalue weighted by atomic mass is 32.1. The van der Waals surface area contributed by atoms with Crippen molar-refractivity contribution in [1.82, 2.24) is 0 Å². The standard InChI is InChI=1S/C16H12OS/c1-11-5-7-12(8-6-11)14-3-2-4-16-15(14)9-13(10-17)18-16/h2-10H,1H3. The number of aryl methyl sites for hydroxylation is 1. The van der Waals surface area contributed by atoms with Gasteiger partial charge in [0.2, 0.25) is 0 Å². The molecule has 1 heterocycles. The fourth-order valence-corrected chi connectivity index (χ4v) is 3.03. The van der Waals surface area contributed by atoms with Crippen molar-refractivity contribution in [3.05, 3.63) is 59.0 Å². The average molecular weight is 252 g/mol. The van der Waals surface area contributed by atoms with Crippen LogP contribution in [0.2, 0.25) is 0 Å². The Kier molecular flexibility index (Phi) is 2.73. The largest absolute Gasteiger partial charge is 0.297 e. The molecule has 0 spiro atoms. The van der Waals surface area contributed by atoms with E-state index in [1.54, 1.807) is 11.3 Å². The van der Waals surface area contributed by atoms with Gasteiger partial charge in [0, 0.05) is 10.1 Å². The number of benzene rings is 2. The summed E-state index contributed by atoms with van der Waals surface area (Å²) in [5.74, 6) is 0. The molecule has 0 aliphatic heterocycles. The molecule has 3 rings (SSSR count). The van der Waals surface area contributed by atoms with Gasteiger partial charge in [0.1, 0.15) is 0 Å². The molecule has 0 saturated heterocycles. The van der Waals surface area contributed by atoms with E-state index in [2.05, 4.69) is 43.3 Å². The van der Waals surface area contributed by atoms with E-state index in [-0.39, 0.29) is 0 Å². The fourth-order valence-electron chi connectivity index (χ4n) is 2.12. The van der Waals surface area contributed by atoms with Crippen LogP contribution in [0.25, 0.3) is 21.2 Å². The Bertz CT molecular complexity index is 708. The summed E-state index contributed by atoms with van der Waals surface area (Å²) in [6.45, 7) is 2.08. The number of hydrogen-bond donors (Lipinski definition) is 0. The molecule has 0 aliphatic carbocycles. The minimum absolute atomic E-state index is 0.782. The Morgan fingerprint density at radius 3 is 2.56 bits per heavy atom. The summed E-state index contributed by atoms with van der Waals surface area (Å²) in [5.41, 5.74) is 3.64. The number of carbonyl (C=O) groups excluding carboxylic acids is 1. The summed E-state index contributed by atoms with van der Waals surface area (Å²) in [6.07, 6.45) is 0.920. The van der Waals surface area contributed by atoms with Crippen molar-refractivity contribution in [2.45, 2.75) is 6.92 Å². The van der Waals surface area contributed by atoms with Crippen LogP contribution in [0.5, 0.6) is 0 Å². The highest BCUT2D eigenvalue weighted by molar-refractivity contribution is 7.20. The molecule has 0 bridgehead atoms. The molecule has 0 fully saturated rings. The van der Waals surface area contributed by atoms with E-state index in [9.17, 15) is 4.79 Å². The highest BCUT2D eigenvalue weighted by Crippen LogP contribution is 2.33. The Hall–Kier alpha value is -1.93. The number of carbonyl (C=O) groups is 1. The van der Waals surface area contributed by atoms with Crippen molar-refractivity contribution in [3.8, 4) is 11.1 Å². The Labute approximate surface area is 110 Å². The predicted molar refractivity (Wildman–Crippen MR) is 77.4 cm³/mol. The molecular weight excluding hydrogens is 240 g/mol. The predicted octanol–water partition coefficient (Wildman–Crippen LogP) is 4.69. The number of aldehydes is 1. The third kappa shape index (κ3) is 1.85. The molecule has 0 saturated carbocycles. The van der Waals surface area contributed by atoms with Crippen LogP contribution in [-0.2, 0) is 0 Å². The second kappa shape index (κ2) is 4.39. The van der Waals surface area contributed by atoms with Crippen molar-refractivity contribution in [3.63, 3.8) is 0 Å². The van der Waals surface area contributed by atoms with Crippen molar-refractivity contribution in [2.24, 2.45) is 0 Å². The topological polar surface area (TPSA) is 17.1 Å². The van der Waals surface area contributed by atoms with Gasteiger partial charge >= 0.3 is 0 Å². The quantitative estimate of drug-likeness (QED) is 0.605. The van der Waals surface area contributed by atoms with Crippen LogP contribution in [0.3, 0.4) is 0 Å². The maximum atomic E-state index is 10.9. The van der Waals surface area contributed by atoms with Crippen molar-refractivity contribution < 1.29 is 4.79 Å². The van der Waals surface area contributed by atoms with Gasteiger partial charge in [-0.2, -0.15) is 0 Å². The summed E-state index contributed by atoms with van der Waals surface area (Å²) in [5, 5.41) is 1.16. The number of rotatable bonds is 2. The fraction of sp³-hybridized carbons (Fsp3) is 0.0625. The first-order valence-electron chi connectivity index (χ1n) is 5.83. The molecule has 1 aromatic heterocycles. The maximum absolute atomic E-state index is 10.9. The molecule has 2 heteroatoms.